The smallest absolute Gasteiger partial charge is 0.303 e. The summed E-state index contributed by atoms with van der Waals surface area (Å²) in [6.07, 6.45) is -0.639. The van der Waals surface area contributed by atoms with Gasteiger partial charge in [-0.2, -0.15) is 0 Å². The molecule has 0 heterocycles. The fraction of sp³-hybridized carbons (Fsp3) is 0.600. The molecular formula is C10H14Cl3N3O5. The Kier molecular flexibility index (Phi) is 7.00. The Morgan fingerprint density at radius 1 is 1.33 bits per heavy atom. The van der Waals surface area contributed by atoms with Gasteiger partial charge in [0, 0.05) is 6.42 Å². The molecule has 3 amide bonds. The lowest BCUT2D eigenvalue weighted by atomic mass is 10.1. The Hall–Kier alpha value is -1.25. The van der Waals surface area contributed by atoms with Crippen molar-refractivity contribution in [3.8, 4) is 0 Å². The van der Waals surface area contributed by atoms with Gasteiger partial charge >= 0.3 is 5.97 Å². The molecule has 11 heteroatoms. The van der Waals surface area contributed by atoms with Gasteiger partial charge < -0.3 is 21.5 Å². The molecule has 5 N–H and O–H groups in total. The second-order valence-corrected chi connectivity index (χ2v) is 6.29. The summed E-state index contributed by atoms with van der Waals surface area (Å²) >= 11 is 15.9. The summed E-state index contributed by atoms with van der Waals surface area (Å²) in [6, 6.07) is -2.66. The van der Waals surface area contributed by atoms with Crippen molar-refractivity contribution >= 4 is 58.5 Å². The minimum absolute atomic E-state index is 0.136. The van der Waals surface area contributed by atoms with Gasteiger partial charge in [-0.3, -0.25) is 19.2 Å². The SMILES string of the molecule is [2H]N(C(=O)C(Cl)(Cl)Cl)[C@@H](C)C(=O)N[C@@H](CCC(=O)O)C(N)=O. The van der Waals surface area contributed by atoms with E-state index >= 15 is 0 Å². The number of halogens is 3. The van der Waals surface area contributed by atoms with Crippen LogP contribution in [0.2, 0.25) is 1.41 Å². The molecule has 120 valence electrons. The van der Waals surface area contributed by atoms with Crippen molar-refractivity contribution in [1.82, 2.24) is 10.6 Å². The van der Waals surface area contributed by atoms with Crippen LogP contribution in [0.1, 0.15) is 19.8 Å². The molecule has 0 radical (unpaired) electrons. The number of hydrogen-bond acceptors (Lipinski definition) is 4. The Bertz CT molecular complexity index is 471. The molecular weight excluding hydrogens is 348 g/mol. The van der Waals surface area contributed by atoms with Crippen molar-refractivity contribution in [3.05, 3.63) is 0 Å². The first-order chi connectivity index (χ1) is 9.87. The van der Waals surface area contributed by atoms with E-state index in [9.17, 15) is 19.2 Å². The molecule has 2 atom stereocenters. The third-order valence-corrected chi connectivity index (χ3v) is 2.72. The number of carbonyl (C=O) groups excluding carboxylic acids is 3. The van der Waals surface area contributed by atoms with E-state index in [1.165, 1.54) is 0 Å². The average molecular weight is 364 g/mol. The number of carboxylic acids is 1. The van der Waals surface area contributed by atoms with Crippen LogP contribution >= 0.6 is 34.8 Å². The molecule has 0 aromatic carbocycles. The third kappa shape index (κ3) is 7.93. The van der Waals surface area contributed by atoms with Crippen LogP contribution in [0.4, 0.5) is 0 Å². The Morgan fingerprint density at radius 3 is 2.24 bits per heavy atom. The van der Waals surface area contributed by atoms with Gasteiger partial charge in [-0.15, -0.1) is 0 Å². The van der Waals surface area contributed by atoms with Gasteiger partial charge in [0.1, 0.15) is 12.1 Å². The summed E-state index contributed by atoms with van der Waals surface area (Å²) in [7, 11) is 0. The highest BCUT2D eigenvalue weighted by Crippen LogP contribution is 2.25. The minimum Gasteiger partial charge on any atom is -0.481 e. The molecule has 8 nitrogen and oxygen atoms in total. The van der Waals surface area contributed by atoms with Crippen molar-refractivity contribution in [2.75, 3.05) is 0 Å². The van der Waals surface area contributed by atoms with E-state index in [4.69, 9.17) is 47.1 Å². The van der Waals surface area contributed by atoms with E-state index in [0.29, 0.717) is 0 Å². The van der Waals surface area contributed by atoms with Crippen LogP contribution < -0.4 is 16.4 Å². The lowest BCUT2D eigenvalue weighted by Crippen LogP contribution is -2.53. The lowest BCUT2D eigenvalue weighted by Gasteiger charge is -2.20. The number of amides is 3. The van der Waals surface area contributed by atoms with Crippen molar-refractivity contribution in [2.24, 2.45) is 5.73 Å². The van der Waals surface area contributed by atoms with Crippen LogP contribution in [0.5, 0.6) is 0 Å². The quantitative estimate of drug-likeness (QED) is 0.460. The lowest BCUT2D eigenvalue weighted by molar-refractivity contribution is -0.137. The van der Waals surface area contributed by atoms with Gasteiger partial charge in [0.15, 0.2) is 1.41 Å². The summed E-state index contributed by atoms with van der Waals surface area (Å²) in [5, 5.41) is 10.8. The molecule has 0 spiro atoms. The highest BCUT2D eigenvalue weighted by atomic mass is 35.6. The number of alkyl halides is 3. The van der Waals surface area contributed by atoms with Crippen molar-refractivity contribution < 1.29 is 25.7 Å². The summed E-state index contributed by atoms with van der Waals surface area (Å²) in [5.41, 5.74) is 5.04. The van der Waals surface area contributed by atoms with Crippen LogP contribution in [0.3, 0.4) is 0 Å². The predicted molar refractivity (Wildman–Crippen MR) is 75.9 cm³/mol. The molecule has 0 saturated heterocycles. The molecule has 0 aromatic rings. The van der Waals surface area contributed by atoms with Gasteiger partial charge in [0.2, 0.25) is 11.8 Å². The number of primary amides is 1. The van der Waals surface area contributed by atoms with Crippen LogP contribution in [0.15, 0.2) is 0 Å². The zero-order valence-corrected chi connectivity index (χ0v) is 13.1. The van der Waals surface area contributed by atoms with Crippen LogP contribution in [-0.2, 0) is 19.2 Å². The third-order valence-electron chi connectivity index (χ3n) is 2.24. The number of aliphatic carboxylic acids is 1. The maximum atomic E-state index is 11.9. The first-order valence-corrected chi connectivity index (χ1v) is 6.72. The van der Waals surface area contributed by atoms with Crippen LogP contribution in [0, 0.1) is 0 Å². The zero-order valence-electron chi connectivity index (χ0n) is 11.8. The monoisotopic (exact) mass is 362 g/mol. The summed E-state index contributed by atoms with van der Waals surface area (Å²) < 4.78 is 5.04. The first-order valence-electron chi connectivity index (χ1n) is 6.03. The average Bonchev–Trinajstić information content (AvgIpc) is 2.38. The molecule has 0 saturated carbocycles. The van der Waals surface area contributed by atoms with Gasteiger partial charge in [-0.05, 0) is 13.3 Å². The molecule has 0 aromatic heterocycles. The van der Waals surface area contributed by atoms with Crippen molar-refractivity contribution in [1.29, 1.82) is 0 Å². The topological polar surface area (TPSA) is 139 Å². The summed E-state index contributed by atoms with van der Waals surface area (Å²) in [4.78, 5) is 45.0. The van der Waals surface area contributed by atoms with E-state index in [-0.39, 0.29) is 11.7 Å². The molecule has 0 aliphatic carbocycles. The molecule has 21 heavy (non-hydrogen) atoms. The molecule has 0 aliphatic heterocycles. The highest BCUT2D eigenvalue weighted by molar-refractivity contribution is 6.76. The maximum absolute atomic E-state index is 11.9. The van der Waals surface area contributed by atoms with Gasteiger partial charge in [-0.1, -0.05) is 34.8 Å². The van der Waals surface area contributed by atoms with Gasteiger partial charge in [-0.25, -0.2) is 0 Å². The second-order valence-electron chi connectivity index (χ2n) is 4.00. The second kappa shape index (κ2) is 8.26. The summed E-state index contributed by atoms with van der Waals surface area (Å²) in [5.74, 6) is -4.32. The number of rotatable bonds is 7. The van der Waals surface area contributed by atoms with E-state index < -0.39 is 46.0 Å². The fourth-order valence-electron chi connectivity index (χ4n) is 1.15. The number of nitrogens with one attached hydrogen (secondary N) is 2. The molecule has 0 bridgehead atoms. The highest BCUT2D eigenvalue weighted by Gasteiger charge is 2.33. The molecule has 0 aliphatic rings. The van der Waals surface area contributed by atoms with E-state index in [0.717, 1.165) is 6.92 Å². The van der Waals surface area contributed by atoms with Crippen molar-refractivity contribution in [3.63, 3.8) is 0 Å². The Balaban J connectivity index is 4.83. The van der Waals surface area contributed by atoms with Gasteiger partial charge in [0.05, 0.1) is 0 Å². The maximum Gasteiger partial charge on any atom is 0.303 e. The summed E-state index contributed by atoms with van der Waals surface area (Å²) in [6.45, 7) is 1.16. The van der Waals surface area contributed by atoms with Crippen molar-refractivity contribution in [2.45, 2.75) is 35.6 Å². The minimum atomic E-state index is -2.41. The van der Waals surface area contributed by atoms with Crippen LogP contribution in [-0.4, -0.2) is 44.7 Å². The number of carboxylic acid groups (broad SMARTS) is 1. The first kappa shape index (κ1) is 17.8. The molecule has 0 fully saturated rings. The van der Waals surface area contributed by atoms with E-state index in [2.05, 4.69) is 5.32 Å². The standard InChI is InChI=1S/C10H14Cl3N3O5/c1-4(15-9(21)10(11,12)13)8(20)16-5(7(14)19)2-3-6(17)18/h4-5H,2-3H2,1H3,(H2,14,19)(H,15,21)(H,16,20)(H,17,18)/t4-,5-/m0/s1/i/hD. The van der Waals surface area contributed by atoms with E-state index in [1.807, 2.05) is 0 Å². The number of hydrogen-bond donors (Lipinski definition) is 4. The van der Waals surface area contributed by atoms with E-state index in [1.54, 1.807) is 0 Å². The Morgan fingerprint density at radius 2 is 1.86 bits per heavy atom. The normalized spacial score (nSPS) is 14.6. The molecule has 0 unspecified atom stereocenters. The predicted octanol–water partition coefficient (Wildman–Crippen LogP) is -0.304. The fourth-order valence-corrected chi connectivity index (χ4v) is 1.30. The Labute approximate surface area is 136 Å². The number of nitrogens with two attached hydrogens (primary N) is 1. The van der Waals surface area contributed by atoms with Gasteiger partial charge in [0.25, 0.3) is 9.70 Å². The van der Waals surface area contributed by atoms with Crippen LogP contribution in [0.25, 0.3) is 0 Å². The zero-order chi connectivity index (χ0) is 17.7. The molecule has 0 rings (SSSR count). The number of carbonyl (C=O) groups is 4. The largest absolute Gasteiger partial charge is 0.481 e.